The molecule has 3 heterocycles. The number of thiazole rings is 1. The number of carbonyl (C=O) groups excluding carboxylic acids is 2. The molecular formula is C31H30N2O7S2. The number of H-pyrrole nitrogens is 1. The number of imide groups is 1. The van der Waals surface area contributed by atoms with E-state index in [-0.39, 0.29) is 45.6 Å². The third-order valence-electron chi connectivity index (χ3n) is 9.53. The van der Waals surface area contributed by atoms with Crippen LogP contribution in [0.4, 0.5) is 0 Å². The van der Waals surface area contributed by atoms with Crippen LogP contribution in [0, 0.1) is 36.5 Å². The van der Waals surface area contributed by atoms with Gasteiger partial charge in [-0.3, -0.25) is 19.3 Å². The lowest BCUT2D eigenvalue weighted by Gasteiger charge is -2.43. The number of thioether (sulfide) groups is 1. The van der Waals surface area contributed by atoms with Crippen LogP contribution >= 0.6 is 23.1 Å². The molecule has 1 aromatic heterocycles. The first kappa shape index (κ1) is 27.3. The molecule has 42 heavy (non-hydrogen) atoms. The van der Waals surface area contributed by atoms with Crippen molar-refractivity contribution in [3.8, 4) is 11.5 Å². The number of hydrogen-bond acceptors (Lipinski definition) is 8. The number of aromatic nitrogens is 1. The van der Waals surface area contributed by atoms with E-state index >= 15 is 0 Å². The smallest absolute Gasteiger partial charge is 0.326 e. The first-order valence-electron chi connectivity index (χ1n) is 14.0. The molecule has 1 saturated heterocycles. The van der Waals surface area contributed by atoms with Crippen molar-refractivity contribution in [1.82, 2.24) is 9.88 Å². The molecule has 9 nitrogen and oxygen atoms in total. The number of aromatic amines is 1. The number of ether oxygens (including phenoxy) is 2. The number of nitrogens with zero attached hydrogens (tertiary/aromatic N) is 1. The van der Waals surface area contributed by atoms with Gasteiger partial charge < -0.3 is 19.6 Å². The van der Waals surface area contributed by atoms with Crippen LogP contribution in [0.1, 0.15) is 40.8 Å². The Morgan fingerprint density at radius 1 is 1.10 bits per heavy atom. The standard InChI is InChI=1S/C31H30N2O7S2/c1-13-5-4-6-15(9-13)12-40-19-8-7-16(10-20(19)39-3)21-22-17-11-18(25(22)41-27-26(21)42-31(38)32-27)24-23(17)28(34)33(29(24)35)14(2)30(36)37/h4-10,14,17-18,21-25H,11-12H2,1-3H3,(H,32,38)(H,36,37)/t14?,17?,18?,21-,22?,23?,24?,25?/m1/s1. The fourth-order valence-electron chi connectivity index (χ4n) is 7.87. The zero-order chi connectivity index (χ0) is 29.4. The number of likely N-dealkylation sites (tertiary alicyclic amines) is 1. The largest absolute Gasteiger partial charge is 0.493 e. The lowest BCUT2D eigenvalue weighted by atomic mass is 9.68. The van der Waals surface area contributed by atoms with E-state index < -0.39 is 23.8 Å². The zero-order valence-electron chi connectivity index (χ0n) is 23.2. The molecule has 2 aliphatic heterocycles. The number of carboxylic acids is 1. The Bertz CT molecular complexity index is 1680. The third kappa shape index (κ3) is 4.04. The number of rotatable bonds is 7. The Kier molecular flexibility index (Phi) is 6.50. The summed E-state index contributed by atoms with van der Waals surface area (Å²) in [5.41, 5.74) is 3.16. The van der Waals surface area contributed by atoms with Gasteiger partial charge >= 0.3 is 10.8 Å². The van der Waals surface area contributed by atoms with E-state index in [4.69, 9.17) is 9.47 Å². The predicted octanol–water partition coefficient (Wildman–Crippen LogP) is 4.28. The van der Waals surface area contributed by atoms with Gasteiger partial charge in [-0.15, -0.1) is 11.8 Å². The number of methoxy groups -OCH3 is 1. The molecule has 7 rings (SSSR count). The van der Waals surface area contributed by atoms with Crippen molar-refractivity contribution < 1.29 is 29.0 Å². The number of fused-ring (bicyclic) bond motifs is 9. The van der Waals surface area contributed by atoms with Crippen LogP contribution in [-0.2, 0) is 21.0 Å². The van der Waals surface area contributed by atoms with Gasteiger partial charge in [0.25, 0.3) is 0 Å². The normalized spacial score (nSPS) is 29.7. The minimum atomic E-state index is -1.20. The Balaban J connectivity index is 1.25. The molecule has 2 bridgehead atoms. The second kappa shape index (κ2) is 10.0. The quantitative estimate of drug-likeness (QED) is 0.382. The molecule has 2 N–H and O–H groups in total. The molecule has 3 aromatic rings. The molecule has 2 saturated carbocycles. The lowest BCUT2D eigenvalue weighted by Crippen LogP contribution is -2.44. The number of carboxylic acid groups (broad SMARTS) is 1. The van der Waals surface area contributed by atoms with Crippen LogP contribution in [0.5, 0.6) is 11.5 Å². The lowest BCUT2D eigenvalue weighted by molar-refractivity contribution is -0.154. The molecule has 4 aliphatic rings. The molecule has 0 radical (unpaired) electrons. The van der Waals surface area contributed by atoms with E-state index in [1.807, 2.05) is 43.3 Å². The number of amides is 2. The van der Waals surface area contributed by atoms with E-state index in [0.717, 1.165) is 37.9 Å². The summed E-state index contributed by atoms with van der Waals surface area (Å²) in [5, 5.41) is 10.4. The number of hydrogen-bond donors (Lipinski definition) is 2. The van der Waals surface area contributed by atoms with Crippen molar-refractivity contribution in [3.63, 3.8) is 0 Å². The second-order valence-corrected chi connectivity index (χ2v) is 13.9. The summed E-state index contributed by atoms with van der Waals surface area (Å²) >= 11 is 2.79. The van der Waals surface area contributed by atoms with Crippen molar-refractivity contribution in [2.75, 3.05) is 7.11 Å². The van der Waals surface area contributed by atoms with Crippen molar-refractivity contribution in [2.24, 2.45) is 29.6 Å². The van der Waals surface area contributed by atoms with Gasteiger partial charge in [-0.05, 0) is 61.3 Å². The van der Waals surface area contributed by atoms with Gasteiger partial charge in [0, 0.05) is 16.0 Å². The van der Waals surface area contributed by atoms with Gasteiger partial charge in [-0.1, -0.05) is 47.2 Å². The topological polar surface area (TPSA) is 126 Å². The molecule has 8 atom stereocenters. The highest BCUT2D eigenvalue weighted by Crippen LogP contribution is 2.68. The average molecular weight is 607 g/mol. The number of benzene rings is 2. The van der Waals surface area contributed by atoms with Crippen LogP contribution in [0.2, 0.25) is 0 Å². The summed E-state index contributed by atoms with van der Waals surface area (Å²) in [7, 11) is 1.60. The van der Waals surface area contributed by atoms with Crippen LogP contribution in [0.25, 0.3) is 0 Å². The number of nitrogens with one attached hydrogen (secondary N) is 1. The molecular weight excluding hydrogens is 576 g/mol. The molecule has 3 fully saturated rings. The van der Waals surface area contributed by atoms with Gasteiger partial charge in [-0.2, -0.15) is 0 Å². The summed E-state index contributed by atoms with van der Waals surface area (Å²) in [6.07, 6.45) is 0.731. The third-order valence-corrected chi connectivity index (χ3v) is 12.1. The molecule has 2 aliphatic carbocycles. The molecule has 11 heteroatoms. The maximum atomic E-state index is 13.6. The van der Waals surface area contributed by atoms with Crippen LogP contribution < -0.4 is 14.3 Å². The predicted molar refractivity (Wildman–Crippen MR) is 156 cm³/mol. The summed E-state index contributed by atoms with van der Waals surface area (Å²) in [5.74, 6) is -2.16. The summed E-state index contributed by atoms with van der Waals surface area (Å²) in [6, 6.07) is 12.8. The van der Waals surface area contributed by atoms with Gasteiger partial charge in [-0.25, -0.2) is 4.79 Å². The highest BCUT2D eigenvalue weighted by Gasteiger charge is 2.70. The van der Waals surface area contributed by atoms with Gasteiger partial charge in [0.1, 0.15) is 12.6 Å². The average Bonchev–Trinajstić information content (AvgIpc) is 3.70. The molecule has 7 unspecified atom stereocenters. The van der Waals surface area contributed by atoms with Crippen molar-refractivity contribution >= 4 is 40.9 Å². The summed E-state index contributed by atoms with van der Waals surface area (Å²) in [4.78, 5) is 56.1. The fraction of sp³-hybridized carbons (Fsp3) is 0.419. The minimum absolute atomic E-state index is 0.000743. The van der Waals surface area contributed by atoms with Crippen LogP contribution in [-0.4, -0.2) is 51.2 Å². The van der Waals surface area contributed by atoms with Crippen molar-refractivity contribution in [2.45, 2.75) is 49.1 Å². The fourth-order valence-corrected chi connectivity index (χ4v) is 10.8. The second-order valence-electron chi connectivity index (χ2n) is 11.7. The highest BCUT2D eigenvalue weighted by atomic mass is 32.2. The van der Waals surface area contributed by atoms with E-state index in [9.17, 15) is 24.3 Å². The van der Waals surface area contributed by atoms with Gasteiger partial charge in [0.2, 0.25) is 11.8 Å². The molecule has 0 spiro atoms. The number of carbonyl (C=O) groups is 3. The first-order chi connectivity index (χ1) is 20.2. The molecule has 2 aromatic carbocycles. The van der Waals surface area contributed by atoms with Gasteiger partial charge in [0.05, 0.1) is 24.0 Å². The maximum absolute atomic E-state index is 13.6. The first-order valence-corrected chi connectivity index (χ1v) is 15.7. The van der Waals surface area contributed by atoms with E-state index in [0.29, 0.717) is 18.1 Å². The van der Waals surface area contributed by atoms with E-state index in [2.05, 4.69) is 11.1 Å². The Morgan fingerprint density at radius 3 is 2.57 bits per heavy atom. The summed E-state index contributed by atoms with van der Waals surface area (Å²) in [6.45, 7) is 3.82. The Hall–Kier alpha value is -3.57. The van der Waals surface area contributed by atoms with E-state index in [1.54, 1.807) is 18.9 Å². The van der Waals surface area contributed by atoms with Crippen molar-refractivity contribution in [1.29, 1.82) is 0 Å². The minimum Gasteiger partial charge on any atom is -0.493 e. The zero-order valence-corrected chi connectivity index (χ0v) is 24.9. The number of aryl methyl sites for hydroxylation is 1. The highest BCUT2D eigenvalue weighted by molar-refractivity contribution is 8.00. The molecule has 218 valence electrons. The summed E-state index contributed by atoms with van der Waals surface area (Å²) < 4.78 is 11.9. The maximum Gasteiger partial charge on any atom is 0.326 e. The van der Waals surface area contributed by atoms with Gasteiger partial charge in [0.15, 0.2) is 11.5 Å². The van der Waals surface area contributed by atoms with Crippen molar-refractivity contribution in [3.05, 3.63) is 73.7 Å². The van der Waals surface area contributed by atoms with Crippen LogP contribution in [0.15, 0.2) is 52.3 Å². The molecule has 2 amide bonds. The SMILES string of the molecule is COc1cc([C@H]2c3sc(=O)[nH]c3SC3C4CC(C5C(=O)N(C(C)C(=O)O)C(=O)C45)C32)ccc1OCc1cccc(C)c1. The van der Waals surface area contributed by atoms with Crippen LogP contribution in [0.3, 0.4) is 0 Å². The Morgan fingerprint density at radius 2 is 1.86 bits per heavy atom. The van der Waals surface area contributed by atoms with E-state index in [1.165, 1.54) is 18.3 Å². The number of aliphatic carboxylic acids is 1. The Labute approximate surface area is 250 Å². The monoisotopic (exact) mass is 606 g/mol.